The number of fused-ring (bicyclic) bond motifs is 1. The van der Waals surface area contributed by atoms with Gasteiger partial charge in [-0.15, -0.1) is 0 Å². The van der Waals surface area contributed by atoms with Gasteiger partial charge in [-0.3, -0.25) is 9.59 Å². The number of nitrogens with zero attached hydrogens (tertiary/aromatic N) is 2. The number of aryl methyl sites for hydroxylation is 1. The van der Waals surface area contributed by atoms with Gasteiger partial charge in [-0.2, -0.15) is 0 Å². The predicted molar refractivity (Wildman–Crippen MR) is 95.7 cm³/mol. The summed E-state index contributed by atoms with van der Waals surface area (Å²) in [7, 11) is 0. The maximum atomic E-state index is 12.4. The molecule has 7 nitrogen and oxygen atoms in total. The van der Waals surface area contributed by atoms with Crippen LogP contribution in [0.2, 0.25) is 0 Å². The van der Waals surface area contributed by atoms with Crippen LogP contribution in [0.25, 0.3) is 0 Å². The van der Waals surface area contributed by atoms with Crippen molar-refractivity contribution in [2.75, 3.05) is 22.1 Å². The number of benzene rings is 1. The zero-order valence-electron chi connectivity index (χ0n) is 14.6. The molecule has 2 heterocycles. The van der Waals surface area contributed by atoms with E-state index in [1.54, 1.807) is 24.8 Å². The van der Waals surface area contributed by atoms with Gasteiger partial charge in [-0.05, 0) is 43.5 Å². The van der Waals surface area contributed by atoms with Crippen molar-refractivity contribution in [1.29, 1.82) is 0 Å². The van der Waals surface area contributed by atoms with Gasteiger partial charge in [0.25, 0.3) is 0 Å². The van der Waals surface area contributed by atoms with Crippen LogP contribution in [0, 0.1) is 6.92 Å². The summed E-state index contributed by atoms with van der Waals surface area (Å²) in [6.07, 6.45) is 1.45. The van der Waals surface area contributed by atoms with Crippen molar-refractivity contribution in [3.63, 3.8) is 0 Å². The normalized spacial score (nSPS) is 14.1. The quantitative estimate of drug-likeness (QED) is 0.872. The molecule has 0 radical (unpaired) electrons. The molecule has 0 unspecified atom stereocenters. The highest BCUT2D eigenvalue weighted by atomic mass is 16.5. The fourth-order valence-electron chi connectivity index (χ4n) is 3.01. The first-order valence-corrected chi connectivity index (χ1v) is 8.39. The van der Waals surface area contributed by atoms with Crippen LogP contribution in [-0.2, 0) is 16.0 Å². The molecule has 2 N–H and O–H groups in total. The summed E-state index contributed by atoms with van der Waals surface area (Å²) in [6, 6.07) is 7.12. The molecular formula is C18H22N4O3. The molecule has 1 aliphatic rings. The van der Waals surface area contributed by atoms with Gasteiger partial charge in [0.1, 0.15) is 11.8 Å². The van der Waals surface area contributed by atoms with E-state index in [0.717, 1.165) is 23.4 Å². The summed E-state index contributed by atoms with van der Waals surface area (Å²) in [5, 5.41) is 9.78. The van der Waals surface area contributed by atoms with E-state index in [1.807, 2.05) is 25.1 Å². The second-order valence-electron chi connectivity index (χ2n) is 6.18. The van der Waals surface area contributed by atoms with Gasteiger partial charge in [0.15, 0.2) is 5.82 Å². The molecule has 0 fully saturated rings. The maximum Gasteiger partial charge on any atom is 0.248 e. The first kappa shape index (κ1) is 17.0. The van der Waals surface area contributed by atoms with E-state index in [2.05, 4.69) is 15.8 Å². The van der Waals surface area contributed by atoms with E-state index in [-0.39, 0.29) is 17.9 Å². The van der Waals surface area contributed by atoms with Gasteiger partial charge < -0.3 is 20.1 Å². The lowest BCUT2D eigenvalue weighted by Crippen LogP contribution is -2.34. The number of hydrogen-bond acceptors (Lipinski definition) is 5. The summed E-state index contributed by atoms with van der Waals surface area (Å²) in [5.41, 5.74) is 2.93. The molecule has 0 aliphatic carbocycles. The third-order valence-electron chi connectivity index (χ3n) is 4.30. The lowest BCUT2D eigenvalue weighted by Gasteiger charge is -2.19. The second kappa shape index (κ2) is 6.96. The Hall–Kier alpha value is -2.83. The highest BCUT2D eigenvalue weighted by molar-refractivity contribution is 5.96. The summed E-state index contributed by atoms with van der Waals surface area (Å²) in [4.78, 5) is 25.8. The smallest absolute Gasteiger partial charge is 0.248 e. The Morgan fingerprint density at radius 1 is 1.36 bits per heavy atom. The number of rotatable bonds is 5. The SMILES string of the molecule is CC[C@@H](Nc1ccc2c(c1)CCN2C(C)=O)C(=O)Nc1cc(C)on1. The van der Waals surface area contributed by atoms with E-state index in [0.29, 0.717) is 24.5 Å². The average Bonchev–Trinajstić information content (AvgIpc) is 3.18. The Bertz CT molecular complexity index is 799. The van der Waals surface area contributed by atoms with Gasteiger partial charge >= 0.3 is 0 Å². The molecule has 1 aliphatic heterocycles. The van der Waals surface area contributed by atoms with E-state index in [1.165, 1.54) is 0 Å². The Morgan fingerprint density at radius 3 is 2.80 bits per heavy atom. The fraction of sp³-hybridized carbons (Fsp3) is 0.389. The van der Waals surface area contributed by atoms with Crippen molar-refractivity contribution in [2.24, 2.45) is 0 Å². The van der Waals surface area contributed by atoms with Gasteiger partial charge in [0.05, 0.1) is 0 Å². The number of anilines is 3. The Labute approximate surface area is 146 Å². The van der Waals surface area contributed by atoms with Gasteiger partial charge in [-0.1, -0.05) is 12.1 Å². The Morgan fingerprint density at radius 2 is 2.16 bits per heavy atom. The van der Waals surface area contributed by atoms with Crippen molar-refractivity contribution in [3.05, 3.63) is 35.6 Å². The van der Waals surface area contributed by atoms with E-state index in [4.69, 9.17) is 4.52 Å². The molecule has 1 aromatic heterocycles. The monoisotopic (exact) mass is 342 g/mol. The van der Waals surface area contributed by atoms with Crippen LogP contribution in [0.4, 0.5) is 17.2 Å². The van der Waals surface area contributed by atoms with Crippen LogP contribution in [0.15, 0.2) is 28.8 Å². The van der Waals surface area contributed by atoms with Crippen LogP contribution in [0.1, 0.15) is 31.6 Å². The molecule has 0 saturated carbocycles. The number of carbonyl (C=O) groups is 2. The third kappa shape index (κ3) is 3.65. The second-order valence-corrected chi connectivity index (χ2v) is 6.18. The highest BCUT2D eigenvalue weighted by Gasteiger charge is 2.23. The first-order valence-electron chi connectivity index (χ1n) is 8.39. The lowest BCUT2D eigenvalue weighted by atomic mass is 10.1. The molecule has 0 saturated heterocycles. The lowest BCUT2D eigenvalue weighted by molar-refractivity contribution is -0.117. The molecule has 0 bridgehead atoms. The van der Waals surface area contributed by atoms with Crippen molar-refractivity contribution < 1.29 is 14.1 Å². The number of hydrogen-bond donors (Lipinski definition) is 2. The van der Waals surface area contributed by atoms with Crippen LogP contribution >= 0.6 is 0 Å². The largest absolute Gasteiger partial charge is 0.374 e. The Kier molecular flexibility index (Phi) is 4.74. The topological polar surface area (TPSA) is 87.5 Å². The fourth-order valence-corrected chi connectivity index (χ4v) is 3.01. The number of carbonyl (C=O) groups excluding carboxylic acids is 2. The molecule has 132 valence electrons. The zero-order chi connectivity index (χ0) is 18.0. The molecule has 1 atom stereocenters. The van der Waals surface area contributed by atoms with E-state index in [9.17, 15) is 9.59 Å². The molecule has 2 amide bonds. The summed E-state index contributed by atoms with van der Waals surface area (Å²) < 4.78 is 4.96. The van der Waals surface area contributed by atoms with E-state index >= 15 is 0 Å². The Balaban J connectivity index is 1.70. The third-order valence-corrected chi connectivity index (χ3v) is 4.30. The molecule has 1 aromatic carbocycles. The van der Waals surface area contributed by atoms with Gasteiger partial charge in [-0.25, -0.2) is 0 Å². The maximum absolute atomic E-state index is 12.4. The van der Waals surface area contributed by atoms with Crippen molar-refractivity contribution in [3.8, 4) is 0 Å². The summed E-state index contributed by atoms with van der Waals surface area (Å²) >= 11 is 0. The van der Waals surface area contributed by atoms with Crippen molar-refractivity contribution in [1.82, 2.24) is 5.16 Å². The van der Waals surface area contributed by atoms with Crippen molar-refractivity contribution >= 4 is 29.0 Å². The molecule has 7 heteroatoms. The standard InChI is InChI=1S/C18H22N4O3/c1-4-15(18(24)20-17-9-11(2)25-21-17)19-14-5-6-16-13(10-14)7-8-22(16)12(3)23/h5-6,9-10,15,19H,4,7-8H2,1-3H3,(H,20,21,24)/t15-/m1/s1. The van der Waals surface area contributed by atoms with Crippen LogP contribution in [0.3, 0.4) is 0 Å². The minimum Gasteiger partial charge on any atom is -0.374 e. The van der Waals surface area contributed by atoms with Crippen LogP contribution < -0.4 is 15.5 Å². The zero-order valence-corrected chi connectivity index (χ0v) is 14.6. The first-order chi connectivity index (χ1) is 12.0. The summed E-state index contributed by atoms with van der Waals surface area (Å²) in [5.74, 6) is 0.939. The minimum absolute atomic E-state index is 0.0492. The minimum atomic E-state index is -0.389. The van der Waals surface area contributed by atoms with Crippen LogP contribution in [-0.4, -0.2) is 29.6 Å². The number of amides is 2. The van der Waals surface area contributed by atoms with Gasteiger partial charge in [0.2, 0.25) is 11.8 Å². The average molecular weight is 342 g/mol. The molecule has 2 aromatic rings. The summed E-state index contributed by atoms with van der Waals surface area (Å²) in [6.45, 7) is 5.99. The molecule has 25 heavy (non-hydrogen) atoms. The molecule has 3 rings (SSSR count). The molecular weight excluding hydrogens is 320 g/mol. The van der Waals surface area contributed by atoms with Crippen LogP contribution in [0.5, 0.6) is 0 Å². The van der Waals surface area contributed by atoms with E-state index < -0.39 is 0 Å². The predicted octanol–water partition coefficient (Wildman–Crippen LogP) is 2.72. The number of nitrogens with one attached hydrogen (secondary N) is 2. The van der Waals surface area contributed by atoms with Crippen molar-refractivity contribution in [2.45, 2.75) is 39.7 Å². The molecule has 0 spiro atoms. The number of aromatic nitrogens is 1. The van der Waals surface area contributed by atoms with Gasteiger partial charge in [0, 0.05) is 30.9 Å². The highest BCUT2D eigenvalue weighted by Crippen LogP contribution is 2.30.